The minimum Gasteiger partial charge on any atom is -0.507 e. The van der Waals surface area contributed by atoms with Crippen LogP contribution in [0.4, 0.5) is 0 Å². The third-order valence-corrected chi connectivity index (χ3v) is 9.03. The van der Waals surface area contributed by atoms with Gasteiger partial charge in [0.1, 0.15) is 46.1 Å². The molecule has 0 aliphatic carbocycles. The monoisotopic (exact) mass is 638 g/mol. The van der Waals surface area contributed by atoms with Crippen molar-refractivity contribution in [2.75, 3.05) is 14.2 Å². The summed E-state index contributed by atoms with van der Waals surface area (Å²) in [5, 5.41) is 21.7. The molecule has 6 rings (SSSR count). The first-order valence-electron chi connectivity index (χ1n) is 14.5. The molecule has 2 fully saturated rings. The number of rotatable bonds is 5. The lowest BCUT2D eigenvalue weighted by Crippen LogP contribution is -2.59. The van der Waals surface area contributed by atoms with Crippen molar-refractivity contribution in [3.8, 4) is 34.1 Å². The Morgan fingerprint density at radius 1 is 0.804 bits per heavy atom. The molecule has 0 aromatic heterocycles. The van der Waals surface area contributed by atoms with Crippen LogP contribution in [0.5, 0.6) is 23.0 Å². The summed E-state index contributed by atoms with van der Waals surface area (Å²) < 4.78 is 33.2. The molecule has 242 valence electrons. The van der Waals surface area contributed by atoms with Gasteiger partial charge in [-0.25, -0.2) is 9.59 Å². The van der Waals surface area contributed by atoms with Crippen LogP contribution in [0.15, 0.2) is 24.3 Å². The Morgan fingerprint density at radius 2 is 1.41 bits per heavy atom. The van der Waals surface area contributed by atoms with Crippen molar-refractivity contribution in [1.82, 2.24) is 0 Å². The first kappa shape index (κ1) is 30.9. The number of carbonyl (C=O) groups is 6. The van der Waals surface area contributed by atoms with Gasteiger partial charge in [-0.15, -0.1) is 0 Å². The van der Waals surface area contributed by atoms with Crippen LogP contribution in [0.3, 0.4) is 0 Å². The molecule has 0 amide bonds. The maximum absolute atomic E-state index is 14.1. The number of ether oxygens (including phenoxy) is 6. The third kappa shape index (κ3) is 4.53. The molecule has 7 atom stereocenters. The number of hydrogen-bond donors (Lipinski definition) is 2. The zero-order valence-electron chi connectivity index (χ0n) is 25.2. The summed E-state index contributed by atoms with van der Waals surface area (Å²) in [5.41, 5.74) is -2.71. The highest BCUT2D eigenvalue weighted by Gasteiger charge is 2.61. The van der Waals surface area contributed by atoms with Gasteiger partial charge < -0.3 is 38.6 Å². The summed E-state index contributed by atoms with van der Waals surface area (Å²) in [4.78, 5) is 78.5. The molecule has 0 saturated carbocycles. The number of cyclic esters (lactones) is 2. The molecule has 4 heterocycles. The molecule has 0 radical (unpaired) electrons. The molecule has 4 aliphatic rings. The highest BCUT2D eigenvalue weighted by atomic mass is 16.6. The van der Waals surface area contributed by atoms with Crippen LogP contribution in [-0.2, 0) is 38.1 Å². The number of esters is 4. The van der Waals surface area contributed by atoms with Gasteiger partial charge in [-0.3, -0.25) is 19.2 Å². The minimum atomic E-state index is -2.14. The van der Waals surface area contributed by atoms with Crippen molar-refractivity contribution >= 4 is 35.4 Å². The second-order valence-corrected chi connectivity index (χ2v) is 11.9. The Morgan fingerprint density at radius 3 is 1.98 bits per heavy atom. The number of carbonyl (C=O) groups excluding carboxylic acids is 6. The van der Waals surface area contributed by atoms with Crippen LogP contribution in [-0.4, -0.2) is 83.8 Å². The number of fused-ring (bicyclic) bond motifs is 2. The topological polar surface area (TPSA) is 198 Å². The first-order valence-corrected chi connectivity index (χ1v) is 14.5. The lowest BCUT2D eigenvalue weighted by molar-refractivity contribution is -0.177. The fourth-order valence-electron chi connectivity index (χ4n) is 6.90. The number of aromatic hydroxyl groups is 2. The number of Topliss-reactive ketones (excluding diaryl/α,β-unsaturated/α-hetero) is 2. The van der Waals surface area contributed by atoms with Crippen LogP contribution in [0, 0.1) is 17.8 Å². The lowest BCUT2D eigenvalue weighted by atomic mass is 9.78. The summed E-state index contributed by atoms with van der Waals surface area (Å²) in [6.07, 6.45) is -4.56. The fourth-order valence-corrected chi connectivity index (χ4v) is 6.90. The molecular formula is C32H30O14. The molecular weight excluding hydrogens is 608 g/mol. The Bertz CT molecular complexity index is 1710. The van der Waals surface area contributed by atoms with E-state index in [-0.39, 0.29) is 46.6 Å². The van der Waals surface area contributed by atoms with Crippen molar-refractivity contribution < 1.29 is 67.4 Å². The maximum atomic E-state index is 14.1. The number of ketones is 2. The number of methoxy groups -OCH3 is 2. The van der Waals surface area contributed by atoms with Crippen LogP contribution in [0.1, 0.15) is 53.8 Å². The molecule has 4 aliphatic heterocycles. The van der Waals surface area contributed by atoms with Gasteiger partial charge in [0.25, 0.3) is 0 Å². The Kier molecular flexibility index (Phi) is 7.40. The standard InChI is InChI=1S/C32H30O14/c1-12-9-19(36)43-25(12)23-24(38)22-17(34)8-5-14(26(22)45-28(23)30(39)41-3)15-6-7-16(33)21-18(35)11-32(31(40)42-4,46-27(15)21)29-13(2)10-20(37)44-29/h5-8,12-13,23,25,28-29,33-34H,9-11H2,1-4H3. The average molecular weight is 639 g/mol. The summed E-state index contributed by atoms with van der Waals surface area (Å²) in [7, 11) is 2.18. The van der Waals surface area contributed by atoms with E-state index in [2.05, 4.69) is 0 Å². The molecule has 2 aromatic carbocycles. The number of benzene rings is 2. The Labute approximate surface area is 261 Å². The predicted molar refractivity (Wildman–Crippen MR) is 151 cm³/mol. The Balaban J connectivity index is 1.54. The van der Waals surface area contributed by atoms with Crippen molar-refractivity contribution in [3.05, 3.63) is 35.4 Å². The molecule has 2 N–H and O–H groups in total. The van der Waals surface area contributed by atoms with E-state index in [4.69, 9.17) is 28.4 Å². The molecule has 0 spiro atoms. The van der Waals surface area contributed by atoms with Crippen LogP contribution in [0.2, 0.25) is 0 Å². The average Bonchev–Trinajstić information content (AvgIpc) is 3.54. The molecule has 2 saturated heterocycles. The highest BCUT2D eigenvalue weighted by molar-refractivity contribution is 6.11. The van der Waals surface area contributed by atoms with Gasteiger partial charge in [-0.05, 0) is 24.3 Å². The van der Waals surface area contributed by atoms with Gasteiger partial charge in [0.2, 0.25) is 11.7 Å². The van der Waals surface area contributed by atoms with Gasteiger partial charge in [-0.1, -0.05) is 13.8 Å². The molecule has 14 heteroatoms. The molecule has 7 unspecified atom stereocenters. The SMILES string of the molecule is COC(=O)C1Oc2c(-c3ccc(O)c4c3OC(C(=O)OC)(C3OC(=O)CC3C)CC4=O)ccc(O)c2C(=O)C1C1OC(=O)CC1C. The van der Waals surface area contributed by atoms with Gasteiger partial charge in [0.05, 0.1) is 33.5 Å². The predicted octanol–water partition coefficient (Wildman–Crippen LogP) is 2.28. The van der Waals surface area contributed by atoms with Gasteiger partial charge in [0, 0.05) is 23.0 Å². The highest BCUT2D eigenvalue weighted by Crippen LogP contribution is 2.53. The van der Waals surface area contributed by atoms with Crippen LogP contribution >= 0.6 is 0 Å². The van der Waals surface area contributed by atoms with E-state index in [0.717, 1.165) is 14.2 Å². The number of phenols is 2. The van der Waals surface area contributed by atoms with Gasteiger partial charge in [0.15, 0.2) is 17.7 Å². The van der Waals surface area contributed by atoms with E-state index in [0.29, 0.717) is 0 Å². The van der Waals surface area contributed by atoms with Crippen molar-refractivity contribution in [2.24, 2.45) is 17.8 Å². The summed E-state index contributed by atoms with van der Waals surface area (Å²) >= 11 is 0. The lowest BCUT2D eigenvalue weighted by Gasteiger charge is -2.40. The van der Waals surface area contributed by atoms with Crippen molar-refractivity contribution in [3.63, 3.8) is 0 Å². The zero-order chi connectivity index (χ0) is 33.2. The van der Waals surface area contributed by atoms with E-state index < -0.39 is 95.0 Å². The van der Waals surface area contributed by atoms with Crippen LogP contribution in [0.25, 0.3) is 11.1 Å². The number of phenolic OH excluding ortho intramolecular Hbond substituents is 2. The normalized spacial score (nSPS) is 29.9. The third-order valence-electron chi connectivity index (χ3n) is 9.03. The molecule has 2 aromatic rings. The van der Waals surface area contributed by atoms with Crippen LogP contribution < -0.4 is 9.47 Å². The molecule has 46 heavy (non-hydrogen) atoms. The van der Waals surface area contributed by atoms with E-state index in [1.165, 1.54) is 24.3 Å². The summed E-state index contributed by atoms with van der Waals surface area (Å²) in [5.74, 6) is -8.58. The second kappa shape index (κ2) is 11.0. The van der Waals surface area contributed by atoms with E-state index in [9.17, 15) is 39.0 Å². The zero-order valence-corrected chi connectivity index (χ0v) is 25.2. The quantitative estimate of drug-likeness (QED) is 0.357. The smallest absolute Gasteiger partial charge is 0.354 e. The second-order valence-electron chi connectivity index (χ2n) is 11.9. The van der Waals surface area contributed by atoms with E-state index in [1.54, 1.807) is 13.8 Å². The number of hydrogen-bond acceptors (Lipinski definition) is 14. The fraction of sp³-hybridized carbons (Fsp3) is 0.438. The largest absolute Gasteiger partial charge is 0.507 e. The molecule has 0 bridgehead atoms. The van der Waals surface area contributed by atoms with Gasteiger partial charge in [-0.2, -0.15) is 0 Å². The summed E-state index contributed by atoms with van der Waals surface area (Å²) in [6.45, 7) is 3.32. The van der Waals surface area contributed by atoms with Gasteiger partial charge >= 0.3 is 23.9 Å². The van der Waals surface area contributed by atoms with E-state index >= 15 is 0 Å². The minimum absolute atomic E-state index is 0.00307. The van der Waals surface area contributed by atoms with E-state index in [1.807, 2.05) is 0 Å². The van der Waals surface area contributed by atoms with Crippen molar-refractivity contribution in [2.45, 2.75) is 57.0 Å². The maximum Gasteiger partial charge on any atom is 0.354 e. The van der Waals surface area contributed by atoms with Crippen molar-refractivity contribution in [1.29, 1.82) is 0 Å². The first-order chi connectivity index (χ1) is 21.8. The summed E-state index contributed by atoms with van der Waals surface area (Å²) in [6, 6.07) is 5.05. The Hall–Kier alpha value is -5.14. The molecule has 14 nitrogen and oxygen atoms in total.